The summed E-state index contributed by atoms with van der Waals surface area (Å²) in [6, 6.07) is 0. The molecule has 14 heavy (non-hydrogen) atoms. The Labute approximate surface area is 83.3 Å². The molecule has 1 N–H and O–H groups in total. The second-order valence-corrected chi connectivity index (χ2v) is 3.46. The zero-order valence-electron chi connectivity index (χ0n) is 8.36. The van der Waals surface area contributed by atoms with Crippen LogP contribution in [0.15, 0.2) is 11.9 Å². The fourth-order valence-corrected chi connectivity index (χ4v) is 1.55. The highest BCUT2D eigenvalue weighted by Gasteiger charge is 2.16. The molecule has 1 aliphatic rings. The summed E-state index contributed by atoms with van der Waals surface area (Å²) in [6.45, 7) is 1.63. The molecule has 5 heteroatoms. The van der Waals surface area contributed by atoms with Gasteiger partial charge in [0.15, 0.2) is 0 Å². The molecule has 80 valence electrons. The minimum absolute atomic E-state index is 0.420. The lowest BCUT2D eigenvalue weighted by atomic mass is 10.0. The van der Waals surface area contributed by atoms with Crippen LogP contribution >= 0.6 is 0 Å². The molecule has 1 rings (SSSR count). The van der Waals surface area contributed by atoms with Crippen LogP contribution in [-0.2, 0) is 4.74 Å². The monoisotopic (exact) mass is 200 g/mol. The van der Waals surface area contributed by atoms with E-state index in [0.717, 1.165) is 38.7 Å². The van der Waals surface area contributed by atoms with E-state index in [1.54, 1.807) is 7.05 Å². The van der Waals surface area contributed by atoms with Gasteiger partial charge in [0.2, 0.25) is 0 Å². The van der Waals surface area contributed by atoms with E-state index < -0.39 is 4.92 Å². The van der Waals surface area contributed by atoms with Crippen LogP contribution in [0.1, 0.15) is 19.3 Å². The quantitative estimate of drug-likeness (QED) is 0.534. The van der Waals surface area contributed by atoms with Crippen molar-refractivity contribution in [3.8, 4) is 0 Å². The van der Waals surface area contributed by atoms with Gasteiger partial charge in [-0.1, -0.05) is 0 Å². The molecule has 0 aliphatic carbocycles. The van der Waals surface area contributed by atoms with Gasteiger partial charge in [0, 0.05) is 20.3 Å². The van der Waals surface area contributed by atoms with Gasteiger partial charge in [0.05, 0.1) is 10.6 Å². The smallest absolute Gasteiger partial charge is 0.253 e. The molecule has 1 aliphatic heterocycles. The lowest BCUT2D eigenvalue weighted by molar-refractivity contribution is -0.403. The van der Waals surface area contributed by atoms with Crippen molar-refractivity contribution in [2.75, 3.05) is 20.3 Å². The first kappa shape index (κ1) is 11.0. The van der Waals surface area contributed by atoms with Gasteiger partial charge in [-0.2, -0.15) is 0 Å². The van der Waals surface area contributed by atoms with E-state index in [9.17, 15) is 10.1 Å². The van der Waals surface area contributed by atoms with Crippen LogP contribution in [0.3, 0.4) is 0 Å². The van der Waals surface area contributed by atoms with Crippen molar-refractivity contribution in [1.29, 1.82) is 0 Å². The molecule has 1 saturated heterocycles. The lowest BCUT2D eigenvalue weighted by Crippen LogP contribution is -2.10. The van der Waals surface area contributed by atoms with Crippen molar-refractivity contribution >= 4 is 0 Å². The number of nitro groups is 1. The second-order valence-electron chi connectivity index (χ2n) is 3.46. The number of rotatable bonds is 5. The Kier molecular flexibility index (Phi) is 4.39. The molecule has 1 atom stereocenters. The topological polar surface area (TPSA) is 64.4 Å². The van der Waals surface area contributed by atoms with Gasteiger partial charge in [0.1, 0.15) is 0 Å². The largest absolute Gasteiger partial charge is 0.386 e. The zero-order chi connectivity index (χ0) is 10.4. The number of hydrogen-bond acceptors (Lipinski definition) is 4. The molecule has 0 spiro atoms. The summed E-state index contributed by atoms with van der Waals surface area (Å²) in [5.41, 5.74) is 0.682. The van der Waals surface area contributed by atoms with Crippen molar-refractivity contribution < 1.29 is 9.66 Å². The molecule has 0 aromatic heterocycles. The Hall–Kier alpha value is -1.10. The summed E-state index contributed by atoms with van der Waals surface area (Å²) in [5, 5.41) is 13.1. The summed E-state index contributed by atoms with van der Waals surface area (Å²) >= 11 is 0. The van der Waals surface area contributed by atoms with Crippen LogP contribution in [0.4, 0.5) is 0 Å². The predicted molar refractivity (Wildman–Crippen MR) is 52.3 cm³/mol. The first-order valence-corrected chi connectivity index (χ1v) is 4.82. The van der Waals surface area contributed by atoms with E-state index >= 15 is 0 Å². The maximum absolute atomic E-state index is 10.2. The van der Waals surface area contributed by atoms with Gasteiger partial charge in [-0.05, 0) is 25.2 Å². The first-order valence-electron chi connectivity index (χ1n) is 4.82. The van der Waals surface area contributed by atoms with Crippen molar-refractivity contribution in [3.05, 3.63) is 22.0 Å². The van der Waals surface area contributed by atoms with Crippen LogP contribution in [0.25, 0.3) is 0 Å². The highest BCUT2D eigenvalue weighted by atomic mass is 16.6. The molecule has 1 heterocycles. The van der Waals surface area contributed by atoms with Crippen LogP contribution in [-0.4, -0.2) is 25.2 Å². The van der Waals surface area contributed by atoms with E-state index in [1.807, 2.05) is 0 Å². The number of ether oxygens (including phenoxy) is 1. The Bertz CT molecular complexity index is 222. The number of allylic oxidation sites excluding steroid dienone is 1. The molecule has 1 fully saturated rings. The first-order chi connectivity index (χ1) is 6.72. The molecule has 0 aromatic carbocycles. The van der Waals surface area contributed by atoms with Gasteiger partial charge in [-0.3, -0.25) is 10.1 Å². The fraction of sp³-hybridized carbons (Fsp3) is 0.778. The Balaban J connectivity index is 2.29. The highest BCUT2D eigenvalue weighted by molar-refractivity contribution is 4.93. The fourth-order valence-electron chi connectivity index (χ4n) is 1.55. The van der Waals surface area contributed by atoms with E-state index in [4.69, 9.17) is 4.74 Å². The number of nitrogens with one attached hydrogen (secondary N) is 1. The van der Waals surface area contributed by atoms with Gasteiger partial charge >= 0.3 is 0 Å². The molecule has 0 amide bonds. The molecule has 0 radical (unpaired) electrons. The maximum Gasteiger partial charge on any atom is 0.253 e. The number of hydrogen-bond donors (Lipinski definition) is 1. The van der Waals surface area contributed by atoms with Crippen LogP contribution < -0.4 is 5.32 Å². The van der Waals surface area contributed by atoms with E-state index in [-0.39, 0.29) is 0 Å². The average molecular weight is 200 g/mol. The molecule has 0 bridgehead atoms. The van der Waals surface area contributed by atoms with Crippen molar-refractivity contribution in [3.63, 3.8) is 0 Å². The third-order valence-electron chi connectivity index (χ3n) is 2.43. The van der Waals surface area contributed by atoms with Gasteiger partial charge in [0.25, 0.3) is 6.20 Å². The molecular formula is C9H16N2O3. The van der Waals surface area contributed by atoms with Gasteiger partial charge in [-0.25, -0.2) is 0 Å². The summed E-state index contributed by atoms with van der Waals surface area (Å²) in [6.07, 6.45) is 3.80. The summed E-state index contributed by atoms with van der Waals surface area (Å²) in [5.74, 6) is 0.568. The van der Waals surface area contributed by atoms with Crippen LogP contribution in [0.5, 0.6) is 0 Å². The minimum atomic E-state index is -0.420. The second kappa shape index (κ2) is 5.59. The highest BCUT2D eigenvalue weighted by Crippen LogP contribution is 2.19. The van der Waals surface area contributed by atoms with Gasteiger partial charge in [-0.15, -0.1) is 0 Å². The molecule has 0 saturated carbocycles. The minimum Gasteiger partial charge on any atom is -0.386 e. The summed E-state index contributed by atoms with van der Waals surface area (Å²) in [7, 11) is 1.71. The van der Waals surface area contributed by atoms with Crippen molar-refractivity contribution in [2.24, 2.45) is 5.92 Å². The van der Waals surface area contributed by atoms with E-state index in [2.05, 4.69) is 5.32 Å². The predicted octanol–water partition coefficient (Wildman–Crippen LogP) is 1.14. The van der Waals surface area contributed by atoms with Crippen LogP contribution in [0, 0.1) is 16.0 Å². The van der Waals surface area contributed by atoms with Crippen molar-refractivity contribution in [2.45, 2.75) is 19.3 Å². The molecule has 1 unspecified atom stereocenters. The third-order valence-corrected chi connectivity index (χ3v) is 2.43. The normalized spacial score (nSPS) is 22.4. The molecular weight excluding hydrogens is 184 g/mol. The standard InChI is InChI=1S/C9H16N2O3/c1-10-9(6-11(12)13)3-2-8-4-5-14-7-8/h6,8,10H,2-5,7H2,1H3/b9-6-. The molecule has 5 nitrogen and oxygen atoms in total. The zero-order valence-corrected chi connectivity index (χ0v) is 8.36. The number of nitrogens with zero attached hydrogens (tertiary/aromatic N) is 1. The Morgan fingerprint density at radius 1 is 1.79 bits per heavy atom. The van der Waals surface area contributed by atoms with Gasteiger partial charge < -0.3 is 10.1 Å². The van der Waals surface area contributed by atoms with E-state index in [1.165, 1.54) is 0 Å². The average Bonchev–Trinajstić information content (AvgIpc) is 2.64. The SMILES string of the molecule is CN/C(=C\[N+](=O)[O-])CCC1CCOC1. The van der Waals surface area contributed by atoms with Crippen LogP contribution in [0.2, 0.25) is 0 Å². The molecule has 0 aromatic rings. The summed E-state index contributed by atoms with van der Waals surface area (Å²) in [4.78, 5) is 9.81. The summed E-state index contributed by atoms with van der Waals surface area (Å²) < 4.78 is 5.23. The Morgan fingerprint density at radius 2 is 2.57 bits per heavy atom. The Morgan fingerprint density at radius 3 is 3.07 bits per heavy atom. The maximum atomic E-state index is 10.2. The van der Waals surface area contributed by atoms with E-state index in [0.29, 0.717) is 11.6 Å². The lowest BCUT2D eigenvalue weighted by Gasteiger charge is -2.07. The third kappa shape index (κ3) is 3.74. The van der Waals surface area contributed by atoms with Crippen molar-refractivity contribution in [1.82, 2.24) is 5.32 Å².